The zero-order valence-electron chi connectivity index (χ0n) is 17.4. The first-order valence-corrected chi connectivity index (χ1v) is 11.5. The summed E-state index contributed by atoms with van der Waals surface area (Å²) in [5, 5.41) is 4.13. The molecule has 1 fully saturated rings. The van der Waals surface area contributed by atoms with E-state index in [2.05, 4.69) is 61.0 Å². The normalized spacial score (nSPS) is 22.0. The third-order valence-electron chi connectivity index (χ3n) is 6.21. The molecule has 1 saturated carbocycles. The van der Waals surface area contributed by atoms with Crippen LogP contribution in [0.4, 0.5) is 0 Å². The van der Waals surface area contributed by atoms with Crippen molar-refractivity contribution < 1.29 is 4.79 Å². The van der Waals surface area contributed by atoms with Gasteiger partial charge < -0.3 is 5.32 Å². The van der Waals surface area contributed by atoms with Crippen molar-refractivity contribution in [3.8, 4) is 5.69 Å². The van der Waals surface area contributed by atoms with Gasteiger partial charge in [-0.1, -0.05) is 68.3 Å². The maximum absolute atomic E-state index is 12.7. The van der Waals surface area contributed by atoms with E-state index < -0.39 is 0 Å². The molecule has 4 nitrogen and oxygen atoms in total. The molecule has 1 aromatic heterocycles. The Morgan fingerprint density at radius 3 is 2.69 bits per heavy atom. The molecule has 1 amide bonds. The fraction of sp³-hybridized carbons (Fsp3) is 0.417. The summed E-state index contributed by atoms with van der Waals surface area (Å²) < 4.78 is 2.15. The van der Waals surface area contributed by atoms with Crippen LogP contribution in [0.3, 0.4) is 0 Å². The Labute approximate surface area is 177 Å². The van der Waals surface area contributed by atoms with Gasteiger partial charge in [-0.05, 0) is 49.4 Å². The van der Waals surface area contributed by atoms with Crippen molar-refractivity contribution in [2.75, 3.05) is 5.75 Å². The van der Waals surface area contributed by atoms with Gasteiger partial charge in [-0.25, -0.2) is 4.98 Å². The quantitative estimate of drug-likeness (QED) is 0.579. The van der Waals surface area contributed by atoms with Crippen LogP contribution in [0.1, 0.15) is 38.7 Å². The fourth-order valence-electron chi connectivity index (χ4n) is 4.21. The SMILES string of the molecule is Cc1ccc(-n2c(SCC(=O)N[C@H]3CCC[C@H](C)[C@@H]3C)nc3ccccc32)cc1. The summed E-state index contributed by atoms with van der Waals surface area (Å²) >= 11 is 1.51. The molecular formula is C24H29N3OS. The lowest BCUT2D eigenvalue weighted by molar-refractivity contribution is -0.120. The van der Waals surface area contributed by atoms with Gasteiger partial charge in [0.15, 0.2) is 5.16 Å². The number of nitrogens with one attached hydrogen (secondary N) is 1. The number of carbonyl (C=O) groups is 1. The number of aryl methyl sites for hydroxylation is 1. The maximum atomic E-state index is 12.7. The van der Waals surface area contributed by atoms with Gasteiger partial charge in [-0.2, -0.15) is 0 Å². The minimum atomic E-state index is 0.100. The van der Waals surface area contributed by atoms with Gasteiger partial charge in [-0.15, -0.1) is 0 Å². The van der Waals surface area contributed by atoms with Crippen molar-refractivity contribution in [1.82, 2.24) is 14.9 Å². The minimum absolute atomic E-state index is 0.100. The predicted molar refractivity (Wildman–Crippen MR) is 121 cm³/mol. The maximum Gasteiger partial charge on any atom is 0.230 e. The third-order valence-corrected chi connectivity index (χ3v) is 7.15. The van der Waals surface area contributed by atoms with Gasteiger partial charge in [0.2, 0.25) is 5.91 Å². The molecular weight excluding hydrogens is 378 g/mol. The monoisotopic (exact) mass is 407 g/mol. The molecule has 4 rings (SSSR count). The summed E-state index contributed by atoms with van der Waals surface area (Å²) in [5.74, 6) is 1.69. The van der Waals surface area contributed by atoms with Crippen molar-refractivity contribution >= 4 is 28.7 Å². The Bertz CT molecular complexity index is 995. The number of imidazole rings is 1. The predicted octanol–water partition coefficient (Wildman–Crippen LogP) is 5.37. The molecule has 3 atom stereocenters. The molecule has 1 aliphatic rings. The molecule has 2 aromatic carbocycles. The van der Waals surface area contributed by atoms with Crippen LogP contribution in [-0.2, 0) is 4.79 Å². The van der Waals surface area contributed by atoms with Crippen molar-refractivity contribution in [1.29, 1.82) is 0 Å². The largest absolute Gasteiger partial charge is 0.352 e. The van der Waals surface area contributed by atoms with E-state index in [1.165, 1.54) is 30.2 Å². The molecule has 0 radical (unpaired) electrons. The average Bonchev–Trinajstić information content (AvgIpc) is 3.09. The zero-order valence-corrected chi connectivity index (χ0v) is 18.2. The summed E-state index contributed by atoms with van der Waals surface area (Å²) in [7, 11) is 0. The number of para-hydroxylation sites is 2. The van der Waals surface area contributed by atoms with Crippen LogP contribution < -0.4 is 5.32 Å². The Morgan fingerprint density at radius 2 is 1.90 bits per heavy atom. The Kier molecular flexibility index (Phi) is 5.95. The highest BCUT2D eigenvalue weighted by atomic mass is 32.2. The number of benzene rings is 2. The van der Waals surface area contributed by atoms with E-state index >= 15 is 0 Å². The molecule has 1 heterocycles. The van der Waals surface area contributed by atoms with Crippen LogP contribution in [0.2, 0.25) is 0 Å². The van der Waals surface area contributed by atoms with Gasteiger partial charge in [0.05, 0.1) is 16.8 Å². The molecule has 1 aliphatic carbocycles. The van der Waals surface area contributed by atoms with E-state index in [9.17, 15) is 4.79 Å². The van der Waals surface area contributed by atoms with Gasteiger partial charge in [-0.3, -0.25) is 9.36 Å². The van der Waals surface area contributed by atoms with Crippen molar-refractivity contribution in [2.24, 2.45) is 11.8 Å². The van der Waals surface area contributed by atoms with E-state index in [1.54, 1.807) is 0 Å². The second-order valence-corrected chi connectivity index (χ2v) is 9.23. The van der Waals surface area contributed by atoms with E-state index in [0.717, 1.165) is 28.3 Å². The van der Waals surface area contributed by atoms with Crippen molar-refractivity contribution in [3.05, 3.63) is 54.1 Å². The summed E-state index contributed by atoms with van der Waals surface area (Å²) in [6.07, 6.45) is 3.56. The highest BCUT2D eigenvalue weighted by Crippen LogP contribution is 2.30. The standard InChI is InChI=1S/C24H29N3OS/c1-16-11-13-19(14-12-16)27-22-10-5-4-8-21(22)26-24(27)29-15-23(28)25-20-9-6-7-17(2)18(20)3/h4-5,8,10-14,17-18,20H,6-7,9,15H2,1-3H3,(H,25,28)/t17-,18-,20-/m0/s1. The summed E-state index contributed by atoms with van der Waals surface area (Å²) in [4.78, 5) is 17.5. The smallest absolute Gasteiger partial charge is 0.230 e. The molecule has 0 saturated heterocycles. The number of rotatable bonds is 5. The Morgan fingerprint density at radius 1 is 1.14 bits per heavy atom. The molecule has 1 N–H and O–H groups in total. The van der Waals surface area contributed by atoms with E-state index in [-0.39, 0.29) is 5.91 Å². The number of hydrogen-bond donors (Lipinski definition) is 1. The highest BCUT2D eigenvalue weighted by molar-refractivity contribution is 7.99. The van der Waals surface area contributed by atoms with Gasteiger partial charge >= 0.3 is 0 Å². The van der Waals surface area contributed by atoms with E-state index in [4.69, 9.17) is 4.98 Å². The first kappa shape index (κ1) is 20.0. The van der Waals surface area contributed by atoms with Crippen LogP contribution in [0.5, 0.6) is 0 Å². The molecule has 3 aromatic rings. The topological polar surface area (TPSA) is 46.9 Å². The number of hydrogen-bond acceptors (Lipinski definition) is 3. The van der Waals surface area contributed by atoms with Crippen molar-refractivity contribution in [3.63, 3.8) is 0 Å². The lowest BCUT2D eigenvalue weighted by atomic mass is 9.78. The van der Waals surface area contributed by atoms with Crippen LogP contribution >= 0.6 is 11.8 Å². The molecule has 0 unspecified atom stereocenters. The second-order valence-electron chi connectivity index (χ2n) is 8.28. The van der Waals surface area contributed by atoms with Crippen LogP contribution in [0.15, 0.2) is 53.7 Å². The highest BCUT2D eigenvalue weighted by Gasteiger charge is 2.28. The Hall–Kier alpha value is -2.27. The second kappa shape index (κ2) is 8.62. The van der Waals surface area contributed by atoms with Crippen LogP contribution in [0, 0.1) is 18.8 Å². The number of nitrogens with zero attached hydrogens (tertiary/aromatic N) is 2. The number of aromatic nitrogens is 2. The fourth-order valence-corrected chi connectivity index (χ4v) is 5.05. The Balaban J connectivity index is 1.52. The number of amides is 1. The van der Waals surface area contributed by atoms with Gasteiger partial charge in [0.1, 0.15) is 0 Å². The van der Waals surface area contributed by atoms with Crippen LogP contribution in [-0.4, -0.2) is 27.3 Å². The average molecular weight is 408 g/mol. The van der Waals surface area contributed by atoms with Gasteiger partial charge in [0.25, 0.3) is 0 Å². The first-order valence-electron chi connectivity index (χ1n) is 10.5. The number of thioether (sulfide) groups is 1. The lowest BCUT2D eigenvalue weighted by Crippen LogP contribution is -2.44. The summed E-state index contributed by atoms with van der Waals surface area (Å²) in [6, 6.07) is 16.9. The number of carbonyl (C=O) groups excluding carboxylic acids is 1. The molecule has 5 heteroatoms. The van der Waals surface area contributed by atoms with Crippen LogP contribution in [0.25, 0.3) is 16.7 Å². The summed E-state index contributed by atoms with van der Waals surface area (Å²) in [5.41, 5.74) is 4.31. The molecule has 152 valence electrons. The zero-order chi connectivity index (χ0) is 20.4. The van der Waals surface area contributed by atoms with Gasteiger partial charge in [0, 0.05) is 11.7 Å². The van der Waals surface area contributed by atoms with E-state index in [0.29, 0.717) is 23.6 Å². The number of fused-ring (bicyclic) bond motifs is 1. The third kappa shape index (κ3) is 4.35. The molecule has 0 bridgehead atoms. The van der Waals surface area contributed by atoms with Crippen molar-refractivity contribution in [2.45, 2.75) is 51.2 Å². The minimum Gasteiger partial charge on any atom is -0.352 e. The van der Waals surface area contributed by atoms with E-state index in [1.807, 2.05) is 18.2 Å². The summed E-state index contributed by atoms with van der Waals surface area (Å²) in [6.45, 7) is 6.64. The molecule has 0 aliphatic heterocycles. The molecule has 29 heavy (non-hydrogen) atoms. The lowest BCUT2D eigenvalue weighted by Gasteiger charge is -2.34. The first-order chi connectivity index (χ1) is 14.0. The molecule has 0 spiro atoms.